The summed E-state index contributed by atoms with van der Waals surface area (Å²) in [4.78, 5) is 4.51. The standard InChI is InChI=1S/C15H25BrN2O/c1-5-10-17-14(8-9-15(2,3)19-4)13-7-6-12(16)11-18-13/h6-7,11,14,17H,5,8-10H2,1-4H3. The molecule has 19 heavy (non-hydrogen) atoms. The van der Waals surface area contributed by atoms with Crippen LogP contribution in [0.4, 0.5) is 0 Å². The molecule has 0 saturated heterocycles. The van der Waals surface area contributed by atoms with E-state index in [1.807, 2.05) is 12.3 Å². The summed E-state index contributed by atoms with van der Waals surface area (Å²) >= 11 is 3.43. The van der Waals surface area contributed by atoms with Crippen molar-refractivity contribution < 1.29 is 4.74 Å². The number of pyridine rings is 1. The number of nitrogens with one attached hydrogen (secondary N) is 1. The van der Waals surface area contributed by atoms with Gasteiger partial charge in [-0.3, -0.25) is 4.98 Å². The first-order valence-electron chi connectivity index (χ1n) is 6.88. The zero-order valence-corrected chi connectivity index (χ0v) is 14.0. The second-order valence-corrected chi connectivity index (χ2v) is 6.33. The van der Waals surface area contributed by atoms with E-state index in [9.17, 15) is 0 Å². The van der Waals surface area contributed by atoms with Crippen LogP contribution in [0.2, 0.25) is 0 Å². The highest BCUT2D eigenvalue weighted by Crippen LogP contribution is 2.24. The molecule has 0 aliphatic heterocycles. The predicted octanol–water partition coefficient (Wildman–Crippen LogP) is 4.09. The first kappa shape index (κ1) is 16.6. The number of ether oxygens (including phenoxy) is 1. The summed E-state index contributed by atoms with van der Waals surface area (Å²) in [5, 5.41) is 3.57. The normalized spacial score (nSPS) is 13.5. The highest BCUT2D eigenvalue weighted by molar-refractivity contribution is 9.10. The van der Waals surface area contributed by atoms with Crippen molar-refractivity contribution in [2.75, 3.05) is 13.7 Å². The molecule has 1 heterocycles. The van der Waals surface area contributed by atoms with Gasteiger partial charge in [0.25, 0.3) is 0 Å². The van der Waals surface area contributed by atoms with E-state index < -0.39 is 0 Å². The minimum Gasteiger partial charge on any atom is -0.379 e. The Labute approximate surface area is 125 Å². The highest BCUT2D eigenvalue weighted by atomic mass is 79.9. The maximum Gasteiger partial charge on any atom is 0.0623 e. The van der Waals surface area contributed by atoms with Crippen LogP contribution in [0.15, 0.2) is 22.8 Å². The molecule has 0 saturated carbocycles. The largest absolute Gasteiger partial charge is 0.379 e. The zero-order chi connectivity index (χ0) is 14.3. The smallest absolute Gasteiger partial charge is 0.0623 e. The molecule has 1 aromatic heterocycles. The summed E-state index contributed by atoms with van der Waals surface area (Å²) < 4.78 is 6.51. The first-order chi connectivity index (χ1) is 8.98. The second-order valence-electron chi connectivity index (χ2n) is 5.41. The van der Waals surface area contributed by atoms with Crippen molar-refractivity contribution in [3.63, 3.8) is 0 Å². The average molecular weight is 329 g/mol. The summed E-state index contributed by atoms with van der Waals surface area (Å²) in [7, 11) is 1.77. The minimum absolute atomic E-state index is 0.0818. The summed E-state index contributed by atoms with van der Waals surface area (Å²) in [6.45, 7) is 7.44. The van der Waals surface area contributed by atoms with Gasteiger partial charge in [0.05, 0.1) is 11.3 Å². The molecule has 0 amide bonds. The van der Waals surface area contributed by atoms with Crippen molar-refractivity contribution in [2.24, 2.45) is 0 Å². The monoisotopic (exact) mass is 328 g/mol. The SMILES string of the molecule is CCCNC(CCC(C)(C)OC)c1ccc(Br)cn1. The molecule has 1 unspecified atom stereocenters. The molecule has 0 radical (unpaired) electrons. The molecule has 0 aromatic carbocycles. The topological polar surface area (TPSA) is 34.1 Å². The molecule has 1 aromatic rings. The van der Waals surface area contributed by atoms with Gasteiger partial charge in [0, 0.05) is 23.8 Å². The Morgan fingerprint density at radius 2 is 2.16 bits per heavy atom. The molecule has 0 bridgehead atoms. The lowest BCUT2D eigenvalue weighted by Gasteiger charge is -2.26. The van der Waals surface area contributed by atoms with Crippen molar-refractivity contribution in [1.82, 2.24) is 10.3 Å². The van der Waals surface area contributed by atoms with Crippen LogP contribution in [0.5, 0.6) is 0 Å². The molecule has 0 spiro atoms. The lowest BCUT2D eigenvalue weighted by molar-refractivity contribution is 0.0116. The van der Waals surface area contributed by atoms with E-state index in [2.05, 4.69) is 53.1 Å². The van der Waals surface area contributed by atoms with E-state index >= 15 is 0 Å². The van der Waals surface area contributed by atoms with Gasteiger partial charge in [-0.1, -0.05) is 6.92 Å². The quantitative estimate of drug-likeness (QED) is 0.780. The molecule has 108 valence electrons. The fourth-order valence-electron chi connectivity index (χ4n) is 1.86. The van der Waals surface area contributed by atoms with E-state index in [1.54, 1.807) is 7.11 Å². The first-order valence-corrected chi connectivity index (χ1v) is 7.68. The van der Waals surface area contributed by atoms with E-state index in [4.69, 9.17) is 4.74 Å². The Morgan fingerprint density at radius 1 is 1.42 bits per heavy atom. The van der Waals surface area contributed by atoms with Crippen LogP contribution in [0.1, 0.15) is 51.8 Å². The molecule has 0 aliphatic carbocycles. The van der Waals surface area contributed by atoms with Gasteiger partial charge in [-0.05, 0) is 67.7 Å². The molecule has 1 atom stereocenters. The maximum atomic E-state index is 5.49. The summed E-state index contributed by atoms with van der Waals surface area (Å²) in [6.07, 6.45) is 5.01. The zero-order valence-electron chi connectivity index (χ0n) is 12.4. The molecule has 0 aliphatic rings. The van der Waals surface area contributed by atoms with Crippen molar-refractivity contribution in [1.29, 1.82) is 0 Å². The number of methoxy groups -OCH3 is 1. The van der Waals surface area contributed by atoms with E-state index in [-0.39, 0.29) is 5.60 Å². The van der Waals surface area contributed by atoms with Crippen molar-refractivity contribution in [3.05, 3.63) is 28.5 Å². The van der Waals surface area contributed by atoms with Crippen LogP contribution in [-0.4, -0.2) is 24.2 Å². The molecule has 0 fully saturated rings. The van der Waals surface area contributed by atoms with Crippen molar-refractivity contribution in [3.8, 4) is 0 Å². The number of aromatic nitrogens is 1. The van der Waals surface area contributed by atoms with Crippen molar-refractivity contribution >= 4 is 15.9 Å². The number of rotatable bonds is 8. The van der Waals surface area contributed by atoms with E-state index in [0.29, 0.717) is 6.04 Å². The van der Waals surface area contributed by atoms with Gasteiger partial charge in [0.2, 0.25) is 0 Å². The fraction of sp³-hybridized carbons (Fsp3) is 0.667. The Morgan fingerprint density at radius 3 is 2.68 bits per heavy atom. The third-order valence-electron chi connectivity index (χ3n) is 3.34. The van der Waals surface area contributed by atoms with Crippen LogP contribution in [0.25, 0.3) is 0 Å². The predicted molar refractivity (Wildman–Crippen MR) is 83.3 cm³/mol. The molecule has 1 rings (SSSR count). The summed E-state index contributed by atoms with van der Waals surface area (Å²) in [5.41, 5.74) is 1.02. The van der Waals surface area contributed by atoms with Gasteiger partial charge in [-0.2, -0.15) is 0 Å². The molecular formula is C15H25BrN2O. The Kier molecular flexibility index (Phi) is 6.97. The van der Waals surface area contributed by atoms with Crippen LogP contribution in [0, 0.1) is 0 Å². The molecule has 1 N–H and O–H groups in total. The second kappa shape index (κ2) is 7.98. The Bertz CT molecular complexity index is 365. The van der Waals surface area contributed by atoms with Gasteiger partial charge in [0.15, 0.2) is 0 Å². The highest BCUT2D eigenvalue weighted by Gasteiger charge is 2.20. The third-order valence-corrected chi connectivity index (χ3v) is 3.80. The fourth-order valence-corrected chi connectivity index (χ4v) is 2.10. The van der Waals surface area contributed by atoms with Gasteiger partial charge < -0.3 is 10.1 Å². The van der Waals surface area contributed by atoms with Gasteiger partial charge in [-0.25, -0.2) is 0 Å². The molecule has 4 heteroatoms. The Hall–Kier alpha value is -0.450. The lowest BCUT2D eigenvalue weighted by Crippen LogP contribution is -2.28. The van der Waals surface area contributed by atoms with Crippen LogP contribution in [0.3, 0.4) is 0 Å². The van der Waals surface area contributed by atoms with Crippen molar-refractivity contribution in [2.45, 2.75) is 51.7 Å². The summed E-state index contributed by atoms with van der Waals surface area (Å²) in [5.74, 6) is 0. The van der Waals surface area contributed by atoms with Gasteiger partial charge in [-0.15, -0.1) is 0 Å². The molecule has 3 nitrogen and oxygen atoms in total. The minimum atomic E-state index is -0.0818. The molecular weight excluding hydrogens is 304 g/mol. The van der Waals surface area contributed by atoms with Crippen LogP contribution < -0.4 is 5.32 Å². The maximum absolute atomic E-state index is 5.49. The van der Waals surface area contributed by atoms with Crippen LogP contribution >= 0.6 is 15.9 Å². The third kappa shape index (κ3) is 6.02. The number of nitrogens with zero attached hydrogens (tertiary/aromatic N) is 1. The van der Waals surface area contributed by atoms with Crippen LogP contribution in [-0.2, 0) is 4.74 Å². The number of halogens is 1. The lowest BCUT2D eigenvalue weighted by atomic mass is 9.97. The number of hydrogen-bond acceptors (Lipinski definition) is 3. The number of hydrogen-bond donors (Lipinski definition) is 1. The Balaban J connectivity index is 2.68. The summed E-state index contributed by atoms with van der Waals surface area (Å²) in [6, 6.07) is 4.42. The van der Waals surface area contributed by atoms with Gasteiger partial charge in [0.1, 0.15) is 0 Å². The van der Waals surface area contributed by atoms with E-state index in [0.717, 1.165) is 36.0 Å². The van der Waals surface area contributed by atoms with E-state index in [1.165, 1.54) is 0 Å². The average Bonchev–Trinajstić information content (AvgIpc) is 2.40. The van der Waals surface area contributed by atoms with Gasteiger partial charge >= 0.3 is 0 Å².